The van der Waals surface area contributed by atoms with E-state index in [4.69, 9.17) is 18.0 Å². The zero-order chi connectivity index (χ0) is 12.1. The zero-order valence-corrected chi connectivity index (χ0v) is 11.0. The molecule has 0 amide bonds. The average molecular weight is 262 g/mol. The third-order valence-electron chi connectivity index (χ3n) is 2.43. The van der Waals surface area contributed by atoms with Crippen molar-refractivity contribution in [2.75, 3.05) is 5.75 Å². The van der Waals surface area contributed by atoms with E-state index < -0.39 is 0 Å². The van der Waals surface area contributed by atoms with E-state index in [9.17, 15) is 0 Å². The van der Waals surface area contributed by atoms with Gasteiger partial charge in [0.15, 0.2) is 0 Å². The maximum absolute atomic E-state index is 5.65. The molecule has 0 unspecified atom stereocenters. The van der Waals surface area contributed by atoms with Gasteiger partial charge in [0.1, 0.15) is 4.99 Å². The first-order valence-electron chi connectivity index (χ1n) is 5.40. The molecule has 0 fully saturated rings. The van der Waals surface area contributed by atoms with Gasteiger partial charge in [0, 0.05) is 23.4 Å². The molecule has 1 aromatic heterocycles. The van der Waals surface area contributed by atoms with E-state index in [1.165, 1.54) is 4.90 Å². The average Bonchev–Trinajstić information content (AvgIpc) is 2.79. The Kier molecular flexibility index (Phi) is 4.23. The Balaban J connectivity index is 1.90. The molecular formula is C13H14N2S2. The Morgan fingerprint density at radius 3 is 2.65 bits per heavy atom. The second-order valence-electron chi connectivity index (χ2n) is 3.61. The number of aromatic nitrogens is 1. The van der Waals surface area contributed by atoms with Crippen LogP contribution in [0.5, 0.6) is 0 Å². The summed E-state index contributed by atoms with van der Waals surface area (Å²) >= 11 is 6.83. The summed E-state index contributed by atoms with van der Waals surface area (Å²) in [5.74, 6) is 1.01. The molecule has 0 spiro atoms. The van der Waals surface area contributed by atoms with Crippen LogP contribution >= 0.6 is 24.0 Å². The Labute approximate surface area is 111 Å². The lowest BCUT2D eigenvalue weighted by molar-refractivity contribution is 0.771. The Bertz CT molecular complexity index is 491. The van der Waals surface area contributed by atoms with Crippen LogP contribution in [-0.4, -0.2) is 15.3 Å². The molecular weight excluding hydrogens is 248 g/mol. The normalized spacial score (nSPS) is 10.4. The van der Waals surface area contributed by atoms with Crippen molar-refractivity contribution in [3.8, 4) is 0 Å². The van der Waals surface area contributed by atoms with Crippen LogP contribution in [0.25, 0.3) is 0 Å². The van der Waals surface area contributed by atoms with Crippen molar-refractivity contribution in [3.05, 3.63) is 54.4 Å². The first kappa shape index (κ1) is 12.2. The predicted molar refractivity (Wildman–Crippen MR) is 77.5 cm³/mol. The number of hydrogen-bond acceptors (Lipinski definition) is 2. The fraction of sp³-hybridized carbons (Fsp3) is 0.154. The number of thioether (sulfide) groups is 1. The van der Waals surface area contributed by atoms with E-state index >= 15 is 0 Å². The maximum Gasteiger partial charge on any atom is 0.120 e. The zero-order valence-electron chi connectivity index (χ0n) is 9.37. The molecule has 0 radical (unpaired) electrons. The first-order chi connectivity index (χ1) is 8.27. The largest absolute Gasteiger partial charge is 0.388 e. The van der Waals surface area contributed by atoms with Gasteiger partial charge in [-0.15, -0.1) is 11.8 Å². The molecule has 1 aromatic carbocycles. The van der Waals surface area contributed by atoms with Crippen LogP contribution in [0, 0.1) is 0 Å². The quantitative estimate of drug-likeness (QED) is 0.664. The van der Waals surface area contributed by atoms with Gasteiger partial charge in [-0.25, -0.2) is 0 Å². The third kappa shape index (κ3) is 3.35. The third-order valence-corrected chi connectivity index (χ3v) is 3.63. The summed E-state index contributed by atoms with van der Waals surface area (Å²) in [6, 6.07) is 14.3. The molecule has 2 aromatic rings. The van der Waals surface area contributed by atoms with E-state index in [-0.39, 0.29) is 0 Å². The number of nitrogens with two attached hydrogens (primary N) is 1. The Morgan fingerprint density at radius 2 is 1.94 bits per heavy atom. The Morgan fingerprint density at radius 1 is 1.18 bits per heavy atom. The number of rotatable bonds is 5. The molecule has 0 aliphatic carbocycles. The highest BCUT2D eigenvalue weighted by Gasteiger charge is 2.02. The number of aryl methyl sites for hydroxylation is 1. The van der Waals surface area contributed by atoms with Crippen molar-refractivity contribution in [1.29, 1.82) is 0 Å². The van der Waals surface area contributed by atoms with Crippen molar-refractivity contribution in [2.45, 2.75) is 11.4 Å². The molecule has 0 aliphatic rings. The SMILES string of the molecule is NC(=S)c1cccn1CCSc1ccccc1. The topological polar surface area (TPSA) is 30.9 Å². The van der Waals surface area contributed by atoms with E-state index in [1.54, 1.807) is 0 Å². The van der Waals surface area contributed by atoms with Gasteiger partial charge in [0.25, 0.3) is 0 Å². The predicted octanol–water partition coefficient (Wildman–Crippen LogP) is 2.91. The van der Waals surface area contributed by atoms with Crippen molar-refractivity contribution in [1.82, 2.24) is 4.57 Å². The van der Waals surface area contributed by atoms with E-state index in [0.717, 1.165) is 18.0 Å². The summed E-state index contributed by atoms with van der Waals surface area (Å²) < 4.78 is 2.10. The minimum absolute atomic E-state index is 0.458. The molecule has 88 valence electrons. The monoisotopic (exact) mass is 262 g/mol. The van der Waals surface area contributed by atoms with Crippen molar-refractivity contribution in [3.63, 3.8) is 0 Å². The van der Waals surface area contributed by atoms with Gasteiger partial charge < -0.3 is 10.3 Å². The van der Waals surface area contributed by atoms with Gasteiger partial charge >= 0.3 is 0 Å². The van der Waals surface area contributed by atoms with Crippen LogP contribution in [0.1, 0.15) is 5.69 Å². The molecule has 4 heteroatoms. The first-order valence-corrected chi connectivity index (χ1v) is 6.79. The summed E-state index contributed by atoms with van der Waals surface area (Å²) in [5, 5.41) is 0. The summed E-state index contributed by atoms with van der Waals surface area (Å²) in [6.45, 7) is 0.916. The molecule has 0 saturated heterocycles. The van der Waals surface area contributed by atoms with Crippen LogP contribution in [0.3, 0.4) is 0 Å². The highest BCUT2D eigenvalue weighted by molar-refractivity contribution is 7.99. The number of nitrogens with zero attached hydrogens (tertiary/aromatic N) is 1. The van der Waals surface area contributed by atoms with E-state index in [1.807, 2.05) is 36.2 Å². The minimum atomic E-state index is 0.458. The van der Waals surface area contributed by atoms with E-state index in [0.29, 0.717) is 4.99 Å². The minimum Gasteiger partial charge on any atom is -0.388 e. The van der Waals surface area contributed by atoms with Crippen molar-refractivity contribution < 1.29 is 0 Å². The molecule has 17 heavy (non-hydrogen) atoms. The lowest BCUT2D eigenvalue weighted by Gasteiger charge is -2.07. The molecule has 2 N–H and O–H groups in total. The summed E-state index contributed by atoms with van der Waals surface area (Å²) in [5.41, 5.74) is 6.58. The molecule has 1 heterocycles. The molecule has 2 rings (SSSR count). The second kappa shape index (κ2) is 5.89. The maximum atomic E-state index is 5.65. The highest BCUT2D eigenvalue weighted by atomic mass is 32.2. The van der Waals surface area contributed by atoms with Crippen LogP contribution < -0.4 is 5.73 Å². The van der Waals surface area contributed by atoms with Crippen LogP contribution in [0.15, 0.2) is 53.6 Å². The lowest BCUT2D eigenvalue weighted by Crippen LogP contribution is -2.16. The summed E-state index contributed by atoms with van der Waals surface area (Å²) in [6.07, 6.45) is 2.01. The number of hydrogen-bond donors (Lipinski definition) is 1. The van der Waals surface area contributed by atoms with Gasteiger partial charge in [-0.2, -0.15) is 0 Å². The van der Waals surface area contributed by atoms with Gasteiger partial charge in [0.2, 0.25) is 0 Å². The number of thiocarbonyl (C=S) groups is 1. The fourth-order valence-electron chi connectivity index (χ4n) is 1.61. The summed E-state index contributed by atoms with van der Waals surface area (Å²) in [7, 11) is 0. The lowest BCUT2D eigenvalue weighted by atomic mass is 10.4. The molecule has 0 aliphatic heterocycles. The summed E-state index contributed by atoms with van der Waals surface area (Å²) in [4.78, 5) is 1.75. The molecule has 2 nitrogen and oxygen atoms in total. The second-order valence-corrected chi connectivity index (χ2v) is 5.22. The van der Waals surface area contributed by atoms with Gasteiger partial charge in [0.05, 0.1) is 5.69 Å². The Hall–Kier alpha value is -1.26. The molecule has 0 atom stereocenters. The van der Waals surface area contributed by atoms with Gasteiger partial charge in [-0.05, 0) is 24.3 Å². The van der Waals surface area contributed by atoms with Crippen LogP contribution in [0.2, 0.25) is 0 Å². The van der Waals surface area contributed by atoms with Crippen molar-refractivity contribution >= 4 is 29.0 Å². The number of benzene rings is 1. The molecule has 0 saturated carbocycles. The van der Waals surface area contributed by atoms with Crippen molar-refractivity contribution in [2.24, 2.45) is 5.73 Å². The fourth-order valence-corrected chi connectivity index (χ4v) is 2.67. The smallest absolute Gasteiger partial charge is 0.120 e. The van der Waals surface area contributed by atoms with Crippen LogP contribution in [0.4, 0.5) is 0 Å². The highest BCUT2D eigenvalue weighted by Crippen LogP contribution is 2.17. The standard InChI is InChI=1S/C13H14N2S2/c14-13(16)12-7-4-8-15(12)9-10-17-11-5-2-1-3-6-11/h1-8H,9-10H2,(H2,14,16). The van der Waals surface area contributed by atoms with Gasteiger partial charge in [-0.1, -0.05) is 30.4 Å². The van der Waals surface area contributed by atoms with E-state index in [2.05, 4.69) is 28.8 Å². The van der Waals surface area contributed by atoms with Crippen LogP contribution in [-0.2, 0) is 6.54 Å². The van der Waals surface area contributed by atoms with Gasteiger partial charge in [-0.3, -0.25) is 0 Å². The molecule has 0 bridgehead atoms.